The van der Waals surface area contributed by atoms with Crippen LogP contribution in [0.15, 0.2) is 42.5 Å². The van der Waals surface area contributed by atoms with Gasteiger partial charge in [-0.15, -0.1) is 0 Å². The van der Waals surface area contributed by atoms with E-state index in [1.54, 1.807) is 6.07 Å². The van der Waals surface area contributed by atoms with E-state index >= 15 is 0 Å². The van der Waals surface area contributed by atoms with Crippen LogP contribution >= 0.6 is 0 Å². The third-order valence-electron chi connectivity index (χ3n) is 4.18. The molecule has 3 rings (SSSR count). The number of nitrogens with two attached hydrogens (primary N) is 1. The number of carbonyl (C=O) groups is 1. The number of hydrogen-bond donors (Lipinski definition) is 2. The second kappa shape index (κ2) is 7.21. The highest BCUT2D eigenvalue weighted by Gasteiger charge is 2.21. The van der Waals surface area contributed by atoms with Crippen LogP contribution < -0.4 is 15.8 Å². The first-order valence-electron chi connectivity index (χ1n) is 8.08. The second-order valence-electron chi connectivity index (χ2n) is 5.98. The zero-order chi connectivity index (χ0) is 17.8. The fraction of sp³-hybridized carbons (Fsp3) is 0.278. The molecule has 2 aromatic rings. The molecule has 130 valence electrons. The average Bonchev–Trinajstić information content (AvgIpc) is 2.77. The van der Waals surface area contributed by atoms with Gasteiger partial charge in [-0.25, -0.2) is 0 Å². The number of fused-ring (bicyclic) bond motifs is 1. The predicted octanol–water partition coefficient (Wildman–Crippen LogP) is 2.75. The first-order chi connectivity index (χ1) is 12.0. The molecule has 25 heavy (non-hydrogen) atoms. The summed E-state index contributed by atoms with van der Waals surface area (Å²) in [5.41, 5.74) is 7.19. The maximum atomic E-state index is 12.4. The van der Waals surface area contributed by atoms with E-state index in [1.165, 1.54) is 12.1 Å². The van der Waals surface area contributed by atoms with Gasteiger partial charge in [0, 0.05) is 11.6 Å². The van der Waals surface area contributed by atoms with Gasteiger partial charge < -0.3 is 15.8 Å². The summed E-state index contributed by atoms with van der Waals surface area (Å²) in [7, 11) is 0. The highest BCUT2D eigenvalue weighted by atomic mass is 16.6. The van der Waals surface area contributed by atoms with E-state index in [0.29, 0.717) is 12.2 Å². The summed E-state index contributed by atoms with van der Waals surface area (Å²) in [6.07, 6.45) is 1.76. The maximum Gasteiger partial charge on any atom is 0.292 e. The zero-order valence-corrected chi connectivity index (χ0v) is 13.6. The first kappa shape index (κ1) is 16.8. The van der Waals surface area contributed by atoms with Crippen molar-refractivity contribution in [2.24, 2.45) is 0 Å². The number of nitro benzene ring substituents is 1. The molecule has 0 saturated carbocycles. The van der Waals surface area contributed by atoms with Gasteiger partial charge in [-0.1, -0.05) is 24.3 Å². The molecular formula is C18H19N3O4. The van der Waals surface area contributed by atoms with E-state index in [-0.39, 0.29) is 29.7 Å². The summed E-state index contributed by atoms with van der Waals surface area (Å²) in [5, 5.41) is 13.8. The Morgan fingerprint density at radius 1 is 1.32 bits per heavy atom. The number of hydrogen-bond acceptors (Lipinski definition) is 5. The number of nitrogen functional groups attached to an aromatic ring is 1. The summed E-state index contributed by atoms with van der Waals surface area (Å²) in [6, 6.07) is 11.9. The molecular weight excluding hydrogens is 322 g/mol. The van der Waals surface area contributed by atoms with E-state index in [2.05, 4.69) is 5.32 Å². The molecule has 1 aliphatic heterocycles. The normalized spacial score (nSPS) is 16.2. The van der Waals surface area contributed by atoms with Gasteiger partial charge in [0.25, 0.3) is 5.69 Å². The Morgan fingerprint density at radius 3 is 2.88 bits per heavy atom. The zero-order valence-electron chi connectivity index (χ0n) is 13.6. The fourth-order valence-electron chi connectivity index (χ4n) is 2.99. The van der Waals surface area contributed by atoms with Gasteiger partial charge in [0.2, 0.25) is 5.91 Å². The quantitative estimate of drug-likeness (QED) is 0.505. The summed E-state index contributed by atoms with van der Waals surface area (Å²) in [5.74, 6) is 0.639. The average molecular weight is 341 g/mol. The van der Waals surface area contributed by atoms with Crippen molar-refractivity contribution in [3.63, 3.8) is 0 Å². The number of ether oxygens (including phenoxy) is 1. The van der Waals surface area contributed by atoms with E-state index in [4.69, 9.17) is 10.5 Å². The summed E-state index contributed by atoms with van der Waals surface area (Å²) in [6.45, 7) is 0.627. The Morgan fingerprint density at radius 2 is 2.12 bits per heavy atom. The molecule has 1 unspecified atom stereocenters. The molecule has 1 heterocycles. The minimum Gasteiger partial charge on any atom is -0.493 e. The molecule has 0 bridgehead atoms. The Labute approximate surface area is 144 Å². The highest BCUT2D eigenvalue weighted by Crippen LogP contribution is 2.31. The summed E-state index contributed by atoms with van der Waals surface area (Å²) < 4.78 is 5.70. The van der Waals surface area contributed by atoms with Crippen molar-refractivity contribution in [3.8, 4) is 5.75 Å². The lowest BCUT2D eigenvalue weighted by Crippen LogP contribution is -2.29. The molecule has 0 aromatic heterocycles. The van der Waals surface area contributed by atoms with Crippen LogP contribution in [0.2, 0.25) is 0 Å². The van der Waals surface area contributed by atoms with Crippen LogP contribution in [-0.2, 0) is 11.2 Å². The number of nitrogens with one attached hydrogen (secondary N) is 1. The van der Waals surface area contributed by atoms with Crippen LogP contribution in [0, 0.1) is 10.1 Å². The number of anilines is 1. The van der Waals surface area contributed by atoms with Gasteiger partial charge in [-0.05, 0) is 30.5 Å². The predicted molar refractivity (Wildman–Crippen MR) is 93.3 cm³/mol. The minimum absolute atomic E-state index is 0.0588. The molecule has 3 N–H and O–H groups in total. The molecule has 1 amide bonds. The topological polar surface area (TPSA) is 107 Å². The summed E-state index contributed by atoms with van der Waals surface area (Å²) in [4.78, 5) is 22.7. The van der Waals surface area contributed by atoms with E-state index in [1.807, 2.05) is 24.3 Å². The first-order valence-corrected chi connectivity index (χ1v) is 8.08. The van der Waals surface area contributed by atoms with Crippen molar-refractivity contribution >= 4 is 17.3 Å². The Kier molecular flexibility index (Phi) is 4.83. The Balaban J connectivity index is 1.71. The van der Waals surface area contributed by atoms with Crippen molar-refractivity contribution in [3.05, 3.63) is 63.7 Å². The molecule has 0 spiro atoms. The smallest absolute Gasteiger partial charge is 0.292 e. The number of rotatable bonds is 4. The van der Waals surface area contributed by atoms with Gasteiger partial charge in [-0.3, -0.25) is 14.9 Å². The molecule has 0 saturated heterocycles. The van der Waals surface area contributed by atoms with Crippen molar-refractivity contribution in [2.45, 2.75) is 25.3 Å². The maximum absolute atomic E-state index is 12.4. The van der Waals surface area contributed by atoms with E-state index in [0.717, 1.165) is 24.2 Å². The minimum atomic E-state index is -0.540. The van der Waals surface area contributed by atoms with Crippen LogP contribution in [0.5, 0.6) is 5.75 Å². The van der Waals surface area contributed by atoms with Crippen LogP contribution in [-0.4, -0.2) is 17.4 Å². The third-order valence-corrected chi connectivity index (χ3v) is 4.18. The number of benzene rings is 2. The molecule has 7 nitrogen and oxygen atoms in total. The molecule has 0 fully saturated rings. The largest absolute Gasteiger partial charge is 0.493 e. The number of carbonyl (C=O) groups excluding carboxylic acids is 1. The molecule has 1 atom stereocenters. The lowest BCUT2D eigenvalue weighted by atomic mass is 10.0. The van der Waals surface area contributed by atoms with Crippen molar-refractivity contribution in [2.75, 3.05) is 12.3 Å². The summed E-state index contributed by atoms with van der Waals surface area (Å²) >= 11 is 0. The Hall–Kier alpha value is -3.09. The van der Waals surface area contributed by atoms with Crippen LogP contribution in [0.4, 0.5) is 11.4 Å². The standard InChI is InChI=1S/C18H19N3O4/c19-14-10-12(7-8-16(14)21(23)24)11-18(22)20-15-5-3-9-25-17-6-2-1-4-13(15)17/h1-2,4,6-8,10,15H,3,5,9,11,19H2,(H,20,22). The van der Waals surface area contributed by atoms with Gasteiger partial charge in [0.05, 0.1) is 24.0 Å². The fourth-order valence-corrected chi connectivity index (χ4v) is 2.99. The van der Waals surface area contributed by atoms with E-state index < -0.39 is 4.92 Å². The number of nitrogens with zero attached hydrogens (tertiary/aromatic N) is 1. The second-order valence-corrected chi connectivity index (χ2v) is 5.98. The highest BCUT2D eigenvalue weighted by molar-refractivity contribution is 5.80. The molecule has 0 radical (unpaired) electrons. The van der Waals surface area contributed by atoms with Crippen LogP contribution in [0.1, 0.15) is 30.0 Å². The lowest BCUT2D eigenvalue weighted by Gasteiger charge is -2.18. The van der Waals surface area contributed by atoms with E-state index in [9.17, 15) is 14.9 Å². The molecule has 7 heteroatoms. The van der Waals surface area contributed by atoms with Crippen molar-refractivity contribution in [1.82, 2.24) is 5.32 Å². The van der Waals surface area contributed by atoms with Crippen LogP contribution in [0.25, 0.3) is 0 Å². The molecule has 1 aliphatic rings. The van der Waals surface area contributed by atoms with Gasteiger partial charge >= 0.3 is 0 Å². The molecule has 0 aliphatic carbocycles. The van der Waals surface area contributed by atoms with Gasteiger partial charge in [-0.2, -0.15) is 0 Å². The third kappa shape index (κ3) is 3.88. The van der Waals surface area contributed by atoms with Crippen LogP contribution in [0.3, 0.4) is 0 Å². The number of para-hydroxylation sites is 1. The van der Waals surface area contributed by atoms with Gasteiger partial charge in [0.1, 0.15) is 11.4 Å². The van der Waals surface area contributed by atoms with Crippen molar-refractivity contribution < 1.29 is 14.5 Å². The monoisotopic (exact) mass is 341 g/mol. The molecule has 2 aromatic carbocycles. The number of amides is 1. The van der Waals surface area contributed by atoms with Gasteiger partial charge in [0.15, 0.2) is 0 Å². The SMILES string of the molecule is Nc1cc(CC(=O)NC2CCCOc3ccccc32)ccc1[N+](=O)[O-]. The van der Waals surface area contributed by atoms with Crippen molar-refractivity contribution in [1.29, 1.82) is 0 Å². The Bertz CT molecular complexity index is 807. The lowest BCUT2D eigenvalue weighted by molar-refractivity contribution is -0.383. The number of nitro groups is 1.